The number of benzene rings is 1. The molecule has 1 aromatic carbocycles. The first-order valence-electron chi connectivity index (χ1n) is 6.97. The molecule has 0 amide bonds. The highest BCUT2D eigenvalue weighted by Crippen LogP contribution is 2.34. The number of nitrogens with zero attached hydrogens (tertiary/aromatic N) is 1. The Morgan fingerprint density at radius 3 is 2.95 bits per heavy atom. The van der Waals surface area contributed by atoms with E-state index in [2.05, 4.69) is 24.9 Å². The molecule has 1 aliphatic rings. The molecule has 0 radical (unpaired) electrons. The van der Waals surface area contributed by atoms with Crippen LogP contribution in [0.25, 0.3) is 0 Å². The summed E-state index contributed by atoms with van der Waals surface area (Å²) in [6.07, 6.45) is 3.14. The summed E-state index contributed by atoms with van der Waals surface area (Å²) < 4.78 is 0. The summed E-state index contributed by atoms with van der Waals surface area (Å²) in [5.74, 6) is 2.45. The summed E-state index contributed by atoms with van der Waals surface area (Å²) in [6, 6.07) is 6.98. The smallest absolute Gasteiger partial charge is 0.0642 e. The predicted molar refractivity (Wildman–Crippen MR) is 87.6 cm³/mol. The van der Waals surface area contributed by atoms with Crippen LogP contribution in [0.1, 0.15) is 25.3 Å². The molecule has 0 spiro atoms. The van der Waals surface area contributed by atoms with E-state index in [0.29, 0.717) is 6.04 Å². The first kappa shape index (κ1) is 15.0. The minimum atomic E-state index is 0.212. The van der Waals surface area contributed by atoms with Crippen molar-refractivity contribution in [3.05, 3.63) is 28.8 Å². The number of halogens is 1. The van der Waals surface area contributed by atoms with E-state index < -0.39 is 0 Å². The van der Waals surface area contributed by atoms with Crippen LogP contribution in [-0.4, -0.2) is 30.6 Å². The summed E-state index contributed by atoms with van der Waals surface area (Å²) in [4.78, 5) is 2.36. The van der Waals surface area contributed by atoms with Crippen LogP contribution < -0.4 is 10.6 Å². The van der Waals surface area contributed by atoms with Gasteiger partial charge in [0.2, 0.25) is 0 Å². The molecule has 1 aliphatic heterocycles. The van der Waals surface area contributed by atoms with Gasteiger partial charge in [0.25, 0.3) is 0 Å². The molecule has 1 aromatic rings. The number of hydrogen-bond donors (Lipinski definition) is 1. The summed E-state index contributed by atoms with van der Waals surface area (Å²) in [7, 11) is 2.17. The van der Waals surface area contributed by atoms with E-state index in [4.69, 9.17) is 17.3 Å². The lowest BCUT2D eigenvalue weighted by molar-refractivity contribution is 0.639. The summed E-state index contributed by atoms with van der Waals surface area (Å²) >= 11 is 8.47. The first-order chi connectivity index (χ1) is 9.13. The molecule has 1 heterocycles. The van der Waals surface area contributed by atoms with Crippen LogP contribution in [0.4, 0.5) is 5.69 Å². The highest BCUT2D eigenvalue weighted by Gasteiger charge is 2.23. The van der Waals surface area contributed by atoms with Crippen molar-refractivity contribution < 1.29 is 0 Å². The van der Waals surface area contributed by atoms with Gasteiger partial charge in [-0.15, -0.1) is 0 Å². The Morgan fingerprint density at radius 1 is 1.53 bits per heavy atom. The minimum absolute atomic E-state index is 0.212. The fraction of sp³-hybridized carbons (Fsp3) is 0.600. The van der Waals surface area contributed by atoms with Crippen molar-refractivity contribution in [2.24, 2.45) is 5.73 Å². The fourth-order valence-electron chi connectivity index (χ4n) is 2.56. The van der Waals surface area contributed by atoms with Gasteiger partial charge in [-0.3, -0.25) is 0 Å². The van der Waals surface area contributed by atoms with Crippen molar-refractivity contribution in [3.8, 4) is 0 Å². The van der Waals surface area contributed by atoms with Gasteiger partial charge < -0.3 is 10.6 Å². The van der Waals surface area contributed by atoms with Crippen molar-refractivity contribution in [1.29, 1.82) is 0 Å². The largest absolute Gasteiger partial charge is 0.369 e. The van der Waals surface area contributed by atoms with E-state index in [1.165, 1.54) is 29.2 Å². The van der Waals surface area contributed by atoms with Crippen LogP contribution in [-0.2, 0) is 6.42 Å². The molecule has 0 aliphatic carbocycles. The van der Waals surface area contributed by atoms with E-state index in [-0.39, 0.29) is 6.04 Å². The van der Waals surface area contributed by atoms with Gasteiger partial charge in [0.05, 0.1) is 10.7 Å². The Balaban J connectivity index is 2.26. The number of rotatable bonds is 5. The average Bonchev–Trinajstić information content (AvgIpc) is 2.92. The predicted octanol–water partition coefficient (Wildman–Crippen LogP) is 3.56. The van der Waals surface area contributed by atoms with E-state index in [1.54, 1.807) is 0 Å². The van der Waals surface area contributed by atoms with Crippen LogP contribution >= 0.6 is 23.4 Å². The normalized spacial score (nSPS) is 20.5. The Morgan fingerprint density at radius 2 is 2.32 bits per heavy atom. The van der Waals surface area contributed by atoms with Gasteiger partial charge in [-0.2, -0.15) is 11.8 Å². The molecule has 1 fully saturated rings. The molecule has 0 saturated carbocycles. The maximum absolute atomic E-state index is 6.44. The monoisotopic (exact) mass is 298 g/mol. The summed E-state index contributed by atoms with van der Waals surface area (Å²) in [5, 5.41) is 0.847. The van der Waals surface area contributed by atoms with Crippen molar-refractivity contribution in [3.63, 3.8) is 0 Å². The number of hydrogen-bond acceptors (Lipinski definition) is 3. The van der Waals surface area contributed by atoms with Gasteiger partial charge in [-0.05, 0) is 36.6 Å². The van der Waals surface area contributed by atoms with Crippen molar-refractivity contribution in [2.75, 3.05) is 23.5 Å². The fourth-order valence-corrected chi connectivity index (χ4v) is 4.15. The first-order valence-corrected chi connectivity index (χ1v) is 8.50. The van der Waals surface area contributed by atoms with E-state index in [9.17, 15) is 0 Å². The van der Waals surface area contributed by atoms with Gasteiger partial charge >= 0.3 is 0 Å². The van der Waals surface area contributed by atoms with Gasteiger partial charge in [0, 0.05) is 24.9 Å². The highest BCUT2D eigenvalue weighted by atomic mass is 35.5. The molecule has 0 bridgehead atoms. The number of thioether (sulfide) groups is 1. The molecule has 0 aromatic heterocycles. The molecule has 1 saturated heterocycles. The molecule has 2 rings (SSSR count). The zero-order valence-electron chi connectivity index (χ0n) is 11.7. The third-order valence-corrected chi connectivity index (χ3v) is 5.33. The van der Waals surface area contributed by atoms with Gasteiger partial charge in [-0.25, -0.2) is 0 Å². The SMILES string of the molecule is CCC(N)Cc1cccc(Cl)c1N(C)C1CCSC1. The average molecular weight is 299 g/mol. The van der Waals surface area contributed by atoms with Crippen LogP contribution in [0.5, 0.6) is 0 Å². The topological polar surface area (TPSA) is 29.3 Å². The maximum atomic E-state index is 6.44. The quantitative estimate of drug-likeness (QED) is 0.901. The Bertz CT molecular complexity index is 419. The lowest BCUT2D eigenvalue weighted by atomic mass is 10.0. The molecule has 2 atom stereocenters. The third-order valence-electron chi connectivity index (χ3n) is 3.88. The second kappa shape index (κ2) is 6.87. The lowest BCUT2D eigenvalue weighted by Crippen LogP contribution is -2.33. The number of anilines is 1. The zero-order chi connectivity index (χ0) is 13.8. The van der Waals surface area contributed by atoms with Gasteiger partial charge in [0.1, 0.15) is 0 Å². The van der Waals surface area contributed by atoms with Crippen LogP contribution in [0, 0.1) is 0 Å². The zero-order valence-corrected chi connectivity index (χ0v) is 13.3. The lowest BCUT2D eigenvalue weighted by Gasteiger charge is -2.29. The molecule has 2 nitrogen and oxygen atoms in total. The maximum Gasteiger partial charge on any atom is 0.0642 e. The Kier molecular flexibility index (Phi) is 5.43. The standard InChI is InChI=1S/C15H23ClN2S/c1-3-12(17)9-11-5-4-6-14(16)15(11)18(2)13-7-8-19-10-13/h4-6,12-13H,3,7-10,17H2,1-2H3. The minimum Gasteiger partial charge on any atom is -0.369 e. The third kappa shape index (κ3) is 3.59. The van der Waals surface area contributed by atoms with Gasteiger partial charge in [0.15, 0.2) is 0 Å². The van der Waals surface area contributed by atoms with Crippen LogP contribution in [0.15, 0.2) is 18.2 Å². The second-order valence-corrected chi connectivity index (χ2v) is 6.81. The summed E-state index contributed by atoms with van der Waals surface area (Å²) in [6.45, 7) is 2.13. The highest BCUT2D eigenvalue weighted by molar-refractivity contribution is 7.99. The number of nitrogens with two attached hydrogens (primary N) is 1. The molecule has 4 heteroatoms. The molecule has 2 unspecified atom stereocenters. The number of para-hydroxylation sites is 1. The Hall–Kier alpha value is -0.380. The molecule has 106 valence electrons. The summed E-state index contributed by atoms with van der Waals surface area (Å²) in [5.41, 5.74) is 8.57. The van der Waals surface area contributed by atoms with Crippen LogP contribution in [0.3, 0.4) is 0 Å². The molecular formula is C15H23ClN2S. The van der Waals surface area contributed by atoms with E-state index in [0.717, 1.165) is 17.9 Å². The van der Waals surface area contributed by atoms with E-state index >= 15 is 0 Å². The van der Waals surface area contributed by atoms with Crippen molar-refractivity contribution >= 4 is 29.1 Å². The van der Waals surface area contributed by atoms with Gasteiger partial charge in [-0.1, -0.05) is 30.7 Å². The van der Waals surface area contributed by atoms with Crippen molar-refractivity contribution in [2.45, 2.75) is 38.3 Å². The Labute approximate surface area is 125 Å². The molecule has 19 heavy (non-hydrogen) atoms. The van der Waals surface area contributed by atoms with Crippen molar-refractivity contribution in [1.82, 2.24) is 0 Å². The second-order valence-electron chi connectivity index (χ2n) is 5.25. The molecule has 2 N–H and O–H groups in total. The van der Waals surface area contributed by atoms with Crippen LogP contribution in [0.2, 0.25) is 5.02 Å². The molecular weight excluding hydrogens is 276 g/mol. The van der Waals surface area contributed by atoms with E-state index in [1.807, 2.05) is 23.9 Å².